The zero-order valence-corrected chi connectivity index (χ0v) is 25.3. The second-order valence-corrected chi connectivity index (χ2v) is 12.6. The van der Waals surface area contributed by atoms with Crippen LogP contribution < -0.4 is 9.62 Å². The fraction of sp³-hybridized carbons (Fsp3) is 0.355. The average molecular weight is 584 g/mol. The predicted octanol–water partition coefficient (Wildman–Crippen LogP) is 5.73. The number of amides is 2. The van der Waals surface area contributed by atoms with Gasteiger partial charge < -0.3 is 10.2 Å². The summed E-state index contributed by atoms with van der Waals surface area (Å²) in [6.45, 7) is 9.69. The van der Waals surface area contributed by atoms with Crippen LogP contribution in [-0.4, -0.2) is 44.3 Å². The van der Waals surface area contributed by atoms with Crippen LogP contribution in [0.5, 0.6) is 0 Å². The quantitative estimate of drug-likeness (QED) is 0.295. The molecule has 7 nitrogen and oxygen atoms in total. The van der Waals surface area contributed by atoms with E-state index in [0.717, 1.165) is 21.0 Å². The molecule has 0 aliphatic heterocycles. The highest BCUT2D eigenvalue weighted by Gasteiger charge is 2.34. The first-order valence-electron chi connectivity index (χ1n) is 13.4. The molecule has 0 fully saturated rings. The van der Waals surface area contributed by atoms with Gasteiger partial charge in [0, 0.05) is 18.1 Å². The molecule has 0 aromatic heterocycles. The molecule has 0 radical (unpaired) electrons. The molecule has 1 N–H and O–H groups in total. The molecule has 0 spiro atoms. The van der Waals surface area contributed by atoms with Gasteiger partial charge in [0.2, 0.25) is 11.8 Å². The van der Waals surface area contributed by atoms with E-state index < -0.39 is 28.5 Å². The molecule has 214 valence electrons. The fourth-order valence-corrected chi connectivity index (χ4v) is 6.07. The van der Waals surface area contributed by atoms with Gasteiger partial charge in [-0.15, -0.1) is 0 Å². The fourth-order valence-electron chi connectivity index (χ4n) is 4.45. The van der Waals surface area contributed by atoms with Gasteiger partial charge in [0.05, 0.1) is 10.6 Å². The maximum atomic E-state index is 14.1. The van der Waals surface area contributed by atoms with Crippen molar-refractivity contribution in [3.8, 4) is 0 Å². The number of aryl methyl sites for hydroxylation is 2. The maximum absolute atomic E-state index is 14.1. The summed E-state index contributed by atoms with van der Waals surface area (Å²) in [7, 11) is -4.10. The lowest BCUT2D eigenvalue weighted by Crippen LogP contribution is -2.52. The third-order valence-corrected chi connectivity index (χ3v) is 8.59. The molecule has 0 aliphatic rings. The van der Waals surface area contributed by atoms with Gasteiger partial charge in [-0.05, 0) is 67.6 Å². The standard InChI is InChI=1S/C31H38ClN3O4S/c1-6-28(31(37)33-19-22(2)3)34(20-25-13-15-26(32)16-14-25)30(36)21-35(29-17-12-23(4)18-24(29)5)40(38,39)27-10-8-7-9-11-27/h7-18,22,28H,6,19-21H2,1-5H3,(H,33,37)/t28-/m0/s1. The number of carbonyl (C=O) groups excluding carboxylic acids is 2. The van der Waals surface area contributed by atoms with Crippen LogP contribution >= 0.6 is 11.6 Å². The first-order chi connectivity index (χ1) is 18.9. The van der Waals surface area contributed by atoms with Gasteiger partial charge in [-0.2, -0.15) is 0 Å². The monoisotopic (exact) mass is 583 g/mol. The van der Waals surface area contributed by atoms with E-state index in [1.165, 1.54) is 17.0 Å². The molecular formula is C31H38ClN3O4S. The van der Waals surface area contributed by atoms with Gasteiger partial charge in [0.15, 0.2) is 0 Å². The lowest BCUT2D eigenvalue weighted by Gasteiger charge is -2.33. The predicted molar refractivity (Wildman–Crippen MR) is 161 cm³/mol. The Bertz CT molecular complexity index is 1410. The van der Waals surface area contributed by atoms with Crippen LogP contribution in [-0.2, 0) is 26.2 Å². The minimum Gasteiger partial charge on any atom is -0.354 e. The van der Waals surface area contributed by atoms with E-state index in [-0.39, 0.29) is 23.3 Å². The van der Waals surface area contributed by atoms with Gasteiger partial charge in [-0.25, -0.2) is 8.42 Å². The Hall–Kier alpha value is -3.36. The number of hydrogen-bond donors (Lipinski definition) is 1. The van der Waals surface area contributed by atoms with Crippen LogP contribution in [0, 0.1) is 19.8 Å². The first-order valence-corrected chi connectivity index (χ1v) is 15.2. The number of sulfonamides is 1. The number of nitrogens with zero attached hydrogens (tertiary/aromatic N) is 2. The Morgan fingerprint density at radius 3 is 2.17 bits per heavy atom. The summed E-state index contributed by atoms with van der Waals surface area (Å²) in [5.41, 5.74) is 2.88. The molecule has 40 heavy (non-hydrogen) atoms. The first kappa shape index (κ1) is 31.2. The van der Waals surface area contributed by atoms with Crippen molar-refractivity contribution in [2.24, 2.45) is 5.92 Å². The molecule has 0 aliphatic carbocycles. The summed E-state index contributed by atoms with van der Waals surface area (Å²) >= 11 is 6.07. The van der Waals surface area contributed by atoms with Crippen LogP contribution in [0.25, 0.3) is 0 Å². The van der Waals surface area contributed by atoms with Crippen molar-refractivity contribution in [3.63, 3.8) is 0 Å². The number of halogens is 1. The van der Waals surface area contributed by atoms with Gasteiger partial charge >= 0.3 is 0 Å². The van der Waals surface area contributed by atoms with Crippen LogP contribution in [0.15, 0.2) is 77.7 Å². The lowest BCUT2D eigenvalue weighted by atomic mass is 10.1. The molecular weight excluding hydrogens is 546 g/mol. The topological polar surface area (TPSA) is 86.8 Å². The molecule has 2 amide bonds. The van der Waals surface area contributed by atoms with Gasteiger partial charge in [-0.3, -0.25) is 13.9 Å². The van der Waals surface area contributed by atoms with Crippen molar-refractivity contribution in [2.75, 3.05) is 17.4 Å². The van der Waals surface area contributed by atoms with Crippen molar-refractivity contribution in [1.29, 1.82) is 0 Å². The summed E-state index contributed by atoms with van der Waals surface area (Å²) in [6, 6.07) is 19.7. The Morgan fingerprint density at radius 1 is 0.950 bits per heavy atom. The summed E-state index contributed by atoms with van der Waals surface area (Å²) in [5, 5.41) is 3.49. The number of nitrogens with one attached hydrogen (secondary N) is 1. The Labute approximate surface area is 243 Å². The van der Waals surface area contributed by atoms with Crippen molar-refractivity contribution >= 4 is 39.1 Å². The minimum absolute atomic E-state index is 0.0775. The third kappa shape index (κ3) is 7.86. The van der Waals surface area contributed by atoms with E-state index >= 15 is 0 Å². The molecule has 3 rings (SSSR count). The number of hydrogen-bond acceptors (Lipinski definition) is 4. The number of benzene rings is 3. The summed E-state index contributed by atoms with van der Waals surface area (Å²) in [6.07, 6.45) is 0.359. The van der Waals surface area contributed by atoms with Crippen LogP contribution in [0.3, 0.4) is 0 Å². The maximum Gasteiger partial charge on any atom is 0.264 e. The Kier molecular flexibility index (Phi) is 10.8. The zero-order valence-electron chi connectivity index (χ0n) is 23.7. The van der Waals surface area contributed by atoms with E-state index in [1.54, 1.807) is 48.5 Å². The molecule has 0 unspecified atom stereocenters. The highest BCUT2D eigenvalue weighted by atomic mass is 35.5. The number of carbonyl (C=O) groups is 2. The van der Waals surface area contributed by atoms with Crippen LogP contribution in [0.4, 0.5) is 5.69 Å². The van der Waals surface area contributed by atoms with E-state index in [9.17, 15) is 18.0 Å². The van der Waals surface area contributed by atoms with E-state index in [0.29, 0.717) is 23.7 Å². The van der Waals surface area contributed by atoms with Gasteiger partial charge in [0.25, 0.3) is 10.0 Å². The SMILES string of the molecule is CC[C@@H](C(=O)NCC(C)C)N(Cc1ccc(Cl)cc1)C(=O)CN(c1ccc(C)cc1C)S(=O)(=O)c1ccccc1. The van der Waals surface area contributed by atoms with E-state index in [1.807, 2.05) is 46.8 Å². The molecule has 9 heteroatoms. The van der Waals surface area contributed by atoms with Crippen molar-refractivity contribution in [2.45, 2.75) is 58.5 Å². The van der Waals surface area contributed by atoms with Crippen molar-refractivity contribution in [1.82, 2.24) is 10.2 Å². The second-order valence-electron chi connectivity index (χ2n) is 10.3. The van der Waals surface area contributed by atoms with Crippen molar-refractivity contribution in [3.05, 3.63) is 94.5 Å². The lowest BCUT2D eigenvalue weighted by molar-refractivity contribution is -0.140. The third-order valence-electron chi connectivity index (χ3n) is 6.57. The molecule has 3 aromatic rings. The second kappa shape index (κ2) is 13.8. The Balaban J connectivity index is 2.06. The number of anilines is 1. The zero-order chi connectivity index (χ0) is 29.4. The van der Waals surface area contributed by atoms with Crippen LogP contribution in [0.1, 0.15) is 43.9 Å². The van der Waals surface area contributed by atoms with E-state index in [2.05, 4.69) is 5.32 Å². The highest BCUT2D eigenvalue weighted by molar-refractivity contribution is 7.92. The summed E-state index contributed by atoms with van der Waals surface area (Å²) in [4.78, 5) is 28.9. The van der Waals surface area contributed by atoms with Gasteiger partial charge in [-0.1, -0.05) is 80.4 Å². The van der Waals surface area contributed by atoms with Gasteiger partial charge in [0.1, 0.15) is 12.6 Å². The average Bonchev–Trinajstić information content (AvgIpc) is 2.92. The molecule has 0 bridgehead atoms. The summed E-state index contributed by atoms with van der Waals surface area (Å²) < 4.78 is 29.0. The molecule has 3 aromatic carbocycles. The molecule has 0 saturated carbocycles. The summed E-state index contributed by atoms with van der Waals surface area (Å²) in [5.74, 6) is -0.527. The molecule has 0 heterocycles. The van der Waals surface area contributed by atoms with E-state index in [4.69, 9.17) is 11.6 Å². The normalized spacial score (nSPS) is 12.2. The largest absolute Gasteiger partial charge is 0.354 e. The number of rotatable bonds is 12. The molecule has 0 saturated heterocycles. The highest BCUT2D eigenvalue weighted by Crippen LogP contribution is 2.28. The van der Waals surface area contributed by atoms with Crippen LogP contribution in [0.2, 0.25) is 5.02 Å². The minimum atomic E-state index is -4.10. The smallest absolute Gasteiger partial charge is 0.264 e. The molecule has 1 atom stereocenters. The van der Waals surface area contributed by atoms with Crippen molar-refractivity contribution < 1.29 is 18.0 Å². The Morgan fingerprint density at radius 2 is 1.60 bits per heavy atom.